The highest BCUT2D eigenvalue weighted by Crippen LogP contribution is 2.19. The summed E-state index contributed by atoms with van der Waals surface area (Å²) in [5.74, 6) is -1.24. The molecule has 0 spiro atoms. The summed E-state index contributed by atoms with van der Waals surface area (Å²) in [5.41, 5.74) is 0.378. The predicted octanol–water partition coefficient (Wildman–Crippen LogP) is 0.166. The normalized spacial score (nSPS) is 19.8. The molecule has 84 valence electrons. The summed E-state index contributed by atoms with van der Waals surface area (Å²) in [7, 11) is 0. The fourth-order valence-corrected chi connectivity index (χ4v) is 1.85. The number of carbonyl (C=O) groups is 2. The van der Waals surface area contributed by atoms with Gasteiger partial charge in [-0.2, -0.15) is 10.2 Å². The monoisotopic (exact) mass is 221 g/mol. The third-order valence-electron chi connectivity index (χ3n) is 2.63. The van der Waals surface area contributed by atoms with Gasteiger partial charge in [-0.1, -0.05) is 0 Å². The largest absolute Gasteiger partial charge is 0.480 e. The van der Waals surface area contributed by atoms with Crippen molar-refractivity contribution in [1.82, 2.24) is 15.1 Å². The molecule has 0 radical (unpaired) electrons. The Morgan fingerprint density at radius 2 is 2.25 bits per heavy atom. The van der Waals surface area contributed by atoms with Crippen molar-refractivity contribution in [2.75, 3.05) is 6.54 Å². The molecule has 2 heterocycles. The molecular weight excluding hydrogens is 210 g/mol. The average molecular weight is 221 g/mol. The highest BCUT2D eigenvalue weighted by Gasteiger charge is 2.34. The zero-order chi connectivity index (χ0) is 11.5. The van der Waals surface area contributed by atoms with E-state index in [9.17, 15) is 9.59 Å². The Morgan fingerprint density at radius 3 is 2.88 bits per heavy atom. The molecule has 1 amide bonds. The summed E-state index contributed by atoms with van der Waals surface area (Å²) < 4.78 is 0. The van der Waals surface area contributed by atoms with E-state index in [0.717, 1.165) is 6.42 Å². The second kappa shape index (κ2) is 4.26. The Labute approximate surface area is 91.9 Å². The molecule has 1 aliphatic heterocycles. The lowest BCUT2D eigenvalue weighted by Gasteiger charge is -2.20. The highest BCUT2D eigenvalue weighted by atomic mass is 16.4. The van der Waals surface area contributed by atoms with Gasteiger partial charge in [0.25, 0.3) is 5.91 Å². The molecule has 0 aromatic carbocycles. The van der Waals surface area contributed by atoms with Gasteiger partial charge in [0.1, 0.15) is 6.04 Å². The summed E-state index contributed by atoms with van der Waals surface area (Å²) in [5, 5.41) is 16.1. The first-order valence-electron chi connectivity index (χ1n) is 5.00. The summed E-state index contributed by atoms with van der Waals surface area (Å²) in [4.78, 5) is 24.3. The second-order valence-electron chi connectivity index (χ2n) is 3.63. The minimum absolute atomic E-state index is 0.292. The summed E-state index contributed by atoms with van der Waals surface area (Å²) in [6.07, 6.45) is 4.00. The lowest BCUT2D eigenvalue weighted by atomic mass is 10.2. The standard InChI is InChI=1S/C10H11N3O3/c14-9(7-3-4-11-12-6-7)13-5-1-2-8(13)10(15)16/h3-4,6,8H,1-2,5H2,(H,15,16). The molecule has 0 bridgehead atoms. The first-order chi connectivity index (χ1) is 7.70. The van der Waals surface area contributed by atoms with E-state index in [1.807, 2.05) is 0 Å². The molecule has 6 heteroatoms. The Hall–Kier alpha value is -1.98. The predicted molar refractivity (Wildman–Crippen MR) is 53.7 cm³/mol. The Kier molecular flexibility index (Phi) is 2.80. The van der Waals surface area contributed by atoms with Crippen LogP contribution in [0.25, 0.3) is 0 Å². The minimum Gasteiger partial charge on any atom is -0.480 e. The Bertz CT molecular complexity index is 407. The van der Waals surface area contributed by atoms with Crippen molar-refractivity contribution in [3.8, 4) is 0 Å². The maximum atomic E-state index is 12.0. The molecule has 0 aliphatic carbocycles. The van der Waals surface area contributed by atoms with Crippen LogP contribution in [0.5, 0.6) is 0 Å². The van der Waals surface area contributed by atoms with E-state index >= 15 is 0 Å². The van der Waals surface area contributed by atoms with E-state index in [1.54, 1.807) is 0 Å². The number of aliphatic carboxylic acids is 1. The highest BCUT2D eigenvalue weighted by molar-refractivity contribution is 5.96. The number of amides is 1. The van der Waals surface area contributed by atoms with Gasteiger partial charge in [-0.25, -0.2) is 4.79 Å². The summed E-state index contributed by atoms with van der Waals surface area (Å²) in [6.45, 7) is 0.484. The van der Waals surface area contributed by atoms with Crippen molar-refractivity contribution in [2.45, 2.75) is 18.9 Å². The van der Waals surface area contributed by atoms with Crippen LogP contribution >= 0.6 is 0 Å². The van der Waals surface area contributed by atoms with Crippen molar-refractivity contribution in [3.05, 3.63) is 24.0 Å². The number of carboxylic acid groups (broad SMARTS) is 1. The maximum Gasteiger partial charge on any atom is 0.326 e. The molecule has 1 fully saturated rings. The average Bonchev–Trinajstić information content (AvgIpc) is 2.78. The van der Waals surface area contributed by atoms with E-state index in [4.69, 9.17) is 5.11 Å². The molecule has 1 N–H and O–H groups in total. The zero-order valence-corrected chi connectivity index (χ0v) is 8.54. The number of hydrogen-bond donors (Lipinski definition) is 1. The zero-order valence-electron chi connectivity index (χ0n) is 8.54. The smallest absolute Gasteiger partial charge is 0.326 e. The van der Waals surface area contributed by atoms with Gasteiger partial charge in [0.05, 0.1) is 18.0 Å². The van der Waals surface area contributed by atoms with Gasteiger partial charge in [-0.15, -0.1) is 0 Å². The lowest BCUT2D eigenvalue weighted by Crippen LogP contribution is -2.40. The van der Waals surface area contributed by atoms with Gasteiger partial charge in [-0.05, 0) is 18.9 Å². The van der Waals surface area contributed by atoms with E-state index in [2.05, 4.69) is 10.2 Å². The molecule has 1 saturated heterocycles. The van der Waals surface area contributed by atoms with Gasteiger partial charge >= 0.3 is 5.97 Å². The maximum absolute atomic E-state index is 12.0. The van der Waals surface area contributed by atoms with Crippen molar-refractivity contribution in [2.24, 2.45) is 0 Å². The van der Waals surface area contributed by atoms with Gasteiger partial charge in [0.2, 0.25) is 0 Å². The van der Waals surface area contributed by atoms with Crippen LogP contribution in [0.3, 0.4) is 0 Å². The number of likely N-dealkylation sites (tertiary alicyclic amines) is 1. The molecular formula is C10H11N3O3. The number of hydrogen-bond acceptors (Lipinski definition) is 4. The summed E-state index contributed by atoms with van der Waals surface area (Å²) in [6, 6.07) is 0.827. The van der Waals surface area contributed by atoms with E-state index in [0.29, 0.717) is 18.5 Å². The van der Waals surface area contributed by atoms with Crippen molar-refractivity contribution in [1.29, 1.82) is 0 Å². The van der Waals surface area contributed by atoms with Crippen LogP contribution in [0.2, 0.25) is 0 Å². The third kappa shape index (κ3) is 1.86. The minimum atomic E-state index is -0.951. The number of rotatable bonds is 2. The third-order valence-corrected chi connectivity index (χ3v) is 2.63. The molecule has 16 heavy (non-hydrogen) atoms. The van der Waals surface area contributed by atoms with Crippen LogP contribution in [-0.4, -0.2) is 44.7 Å². The second-order valence-corrected chi connectivity index (χ2v) is 3.63. The molecule has 1 aromatic heterocycles. The van der Waals surface area contributed by atoms with Crippen LogP contribution in [0, 0.1) is 0 Å². The van der Waals surface area contributed by atoms with Crippen LogP contribution < -0.4 is 0 Å². The van der Waals surface area contributed by atoms with Crippen molar-refractivity contribution >= 4 is 11.9 Å². The summed E-state index contributed by atoms with van der Waals surface area (Å²) >= 11 is 0. The Morgan fingerprint density at radius 1 is 1.44 bits per heavy atom. The molecule has 2 rings (SSSR count). The van der Waals surface area contributed by atoms with Gasteiger partial charge in [-0.3, -0.25) is 4.79 Å². The van der Waals surface area contributed by atoms with Crippen LogP contribution in [0.1, 0.15) is 23.2 Å². The SMILES string of the molecule is O=C(O)C1CCCN1C(=O)c1ccnnc1. The molecule has 1 aromatic rings. The van der Waals surface area contributed by atoms with Gasteiger partial charge < -0.3 is 10.0 Å². The molecule has 6 nitrogen and oxygen atoms in total. The number of carbonyl (C=O) groups excluding carboxylic acids is 1. The van der Waals surface area contributed by atoms with Crippen LogP contribution in [0.15, 0.2) is 18.5 Å². The van der Waals surface area contributed by atoms with Crippen molar-refractivity contribution < 1.29 is 14.7 Å². The van der Waals surface area contributed by atoms with Gasteiger partial charge in [0, 0.05) is 6.54 Å². The lowest BCUT2D eigenvalue weighted by molar-refractivity contribution is -0.141. The number of aromatic nitrogens is 2. The van der Waals surface area contributed by atoms with Crippen molar-refractivity contribution in [3.63, 3.8) is 0 Å². The van der Waals surface area contributed by atoms with Crippen LogP contribution in [-0.2, 0) is 4.79 Å². The first kappa shape index (κ1) is 10.5. The number of nitrogens with zero attached hydrogens (tertiary/aromatic N) is 3. The topological polar surface area (TPSA) is 83.4 Å². The van der Waals surface area contributed by atoms with Crippen LogP contribution in [0.4, 0.5) is 0 Å². The van der Waals surface area contributed by atoms with E-state index in [-0.39, 0.29) is 5.91 Å². The number of carboxylic acids is 1. The molecule has 1 unspecified atom stereocenters. The molecule has 1 atom stereocenters. The van der Waals surface area contributed by atoms with Gasteiger partial charge in [0.15, 0.2) is 0 Å². The Balaban J connectivity index is 2.19. The first-order valence-corrected chi connectivity index (χ1v) is 5.00. The van der Waals surface area contributed by atoms with E-state index in [1.165, 1.54) is 23.4 Å². The molecule has 0 saturated carbocycles. The fraction of sp³-hybridized carbons (Fsp3) is 0.400. The quantitative estimate of drug-likeness (QED) is 0.769. The fourth-order valence-electron chi connectivity index (χ4n) is 1.85. The molecule has 1 aliphatic rings. The van der Waals surface area contributed by atoms with E-state index < -0.39 is 12.0 Å².